The molecule has 1 aliphatic carbocycles. The lowest BCUT2D eigenvalue weighted by Gasteiger charge is -2.18. The second kappa shape index (κ2) is 6.90. The van der Waals surface area contributed by atoms with Gasteiger partial charge in [-0.2, -0.15) is 0 Å². The minimum atomic E-state index is -0.401. The smallest absolute Gasteiger partial charge is 0.293 e. The number of hydrogen-bond acceptors (Lipinski definition) is 7. The third kappa shape index (κ3) is 2.85. The number of aryl methyl sites for hydroxylation is 1. The molecule has 4 rings (SSSR count). The number of rotatable bonds is 5. The summed E-state index contributed by atoms with van der Waals surface area (Å²) in [6.45, 7) is 2.16. The number of carbonyl (C=O) groups is 1. The molecule has 0 aliphatic heterocycles. The standard InChI is InChI=1S/C17H21N5O3S/c1-10-2-3-12-11(8-10)13-15-19-14(17(25)21(4-6-23)5-7-24)20-22(15)9-18-16(13)26-12/h9-10,23-24H,2-8H2,1H3. The zero-order valence-electron chi connectivity index (χ0n) is 14.6. The van der Waals surface area contributed by atoms with Gasteiger partial charge in [-0.3, -0.25) is 4.79 Å². The van der Waals surface area contributed by atoms with Gasteiger partial charge in [0.15, 0.2) is 5.65 Å². The Morgan fingerprint density at radius 1 is 1.38 bits per heavy atom. The Balaban J connectivity index is 1.81. The van der Waals surface area contributed by atoms with E-state index in [4.69, 9.17) is 10.2 Å². The van der Waals surface area contributed by atoms with Gasteiger partial charge in [-0.1, -0.05) is 6.92 Å². The van der Waals surface area contributed by atoms with Crippen LogP contribution >= 0.6 is 11.3 Å². The topological polar surface area (TPSA) is 104 Å². The van der Waals surface area contributed by atoms with Crippen LogP contribution < -0.4 is 0 Å². The van der Waals surface area contributed by atoms with E-state index in [1.807, 2.05) is 0 Å². The number of aliphatic hydroxyl groups is 2. The van der Waals surface area contributed by atoms with Crippen molar-refractivity contribution in [3.8, 4) is 0 Å². The van der Waals surface area contributed by atoms with E-state index in [1.165, 1.54) is 21.8 Å². The third-order valence-corrected chi connectivity index (χ3v) is 6.05. The number of nitrogens with zero attached hydrogens (tertiary/aromatic N) is 5. The van der Waals surface area contributed by atoms with Crippen LogP contribution in [0.1, 0.15) is 34.4 Å². The van der Waals surface area contributed by atoms with E-state index in [9.17, 15) is 4.79 Å². The van der Waals surface area contributed by atoms with Gasteiger partial charge >= 0.3 is 0 Å². The highest BCUT2D eigenvalue weighted by Gasteiger charge is 2.25. The summed E-state index contributed by atoms with van der Waals surface area (Å²) in [6.07, 6.45) is 4.83. The van der Waals surface area contributed by atoms with Gasteiger partial charge in [0.25, 0.3) is 5.91 Å². The second-order valence-corrected chi connectivity index (χ2v) is 7.80. The molecule has 1 atom stereocenters. The highest BCUT2D eigenvalue weighted by molar-refractivity contribution is 7.19. The second-order valence-electron chi connectivity index (χ2n) is 6.72. The van der Waals surface area contributed by atoms with E-state index in [0.29, 0.717) is 11.6 Å². The molecule has 3 aromatic heterocycles. The van der Waals surface area contributed by atoms with Gasteiger partial charge in [0.1, 0.15) is 11.2 Å². The van der Waals surface area contributed by atoms with Crippen LogP contribution in [-0.4, -0.2) is 66.9 Å². The number of aromatic nitrogens is 4. The van der Waals surface area contributed by atoms with Crippen LogP contribution in [0.2, 0.25) is 0 Å². The molecule has 0 saturated heterocycles. The van der Waals surface area contributed by atoms with Crippen LogP contribution in [-0.2, 0) is 12.8 Å². The Hall–Kier alpha value is -2.10. The summed E-state index contributed by atoms with van der Waals surface area (Å²) in [5.74, 6) is 0.279. The lowest BCUT2D eigenvalue weighted by Crippen LogP contribution is -2.36. The highest BCUT2D eigenvalue weighted by Crippen LogP contribution is 2.38. The van der Waals surface area contributed by atoms with Gasteiger partial charge in [0.2, 0.25) is 5.82 Å². The quantitative estimate of drug-likeness (QED) is 0.686. The fraction of sp³-hybridized carbons (Fsp3) is 0.529. The fourth-order valence-electron chi connectivity index (χ4n) is 3.53. The molecule has 3 aromatic rings. The summed E-state index contributed by atoms with van der Waals surface area (Å²) in [7, 11) is 0. The van der Waals surface area contributed by atoms with Crippen molar-refractivity contribution >= 4 is 33.1 Å². The summed E-state index contributed by atoms with van der Waals surface area (Å²) < 4.78 is 1.55. The molecule has 8 nitrogen and oxygen atoms in total. The fourth-order valence-corrected chi connectivity index (χ4v) is 4.71. The summed E-state index contributed by atoms with van der Waals surface area (Å²) in [5, 5.41) is 23.6. The molecule has 26 heavy (non-hydrogen) atoms. The maximum absolute atomic E-state index is 12.7. The van der Waals surface area contributed by atoms with Crippen molar-refractivity contribution in [2.24, 2.45) is 5.92 Å². The maximum atomic E-state index is 12.7. The van der Waals surface area contributed by atoms with E-state index in [-0.39, 0.29) is 32.1 Å². The predicted octanol–water partition coefficient (Wildman–Crippen LogP) is 0.891. The van der Waals surface area contributed by atoms with Crippen LogP contribution in [0, 0.1) is 5.92 Å². The third-order valence-electron chi connectivity index (χ3n) is 4.85. The van der Waals surface area contributed by atoms with Crippen LogP contribution in [0.5, 0.6) is 0 Å². The first-order valence-electron chi connectivity index (χ1n) is 8.79. The lowest BCUT2D eigenvalue weighted by atomic mass is 9.89. The number of aliphatic hydroxyl groups excluding tert-OH is 2. The molecule has 0 bridgehead atoms. The van der Waals surface area contributed by atoms with Crippen molar-refractivity contribution < 1.29 is 15.0 Å². The van der Waals surface area contributed by atoms with Crippen molar-refractivity contribution in [1.82, 2.24) is 24.5 Å². The predicted molar refractivity (Wildman–Crippen MR) is 97.4 cm³/mol. The van der Waals surface area contributed by atoms with Gasteiger partial charge in [-0.05, 0) is 30.7 Å². The summed E-state index contributed by atoms with van der Waals surface area (Å²) >= 11 is 1.70. The largest absolute Gasteiger partial charge is 0.395 e. The average molecular weight is 375 g/mol. The number of amides is 1. The van der Waals surface area contributed by atoms with E-state index in [0.717, 1.165) is 23.1 Å². The Morgan fingerprint density at radius 2 is 2.15 bits per heavy atom. The monoisotopic (exact) mass is 375 g/mol. The van der Waals surface area contributed by atoms with E-state index < -0.39 is 5.91 Å². The molecular weight excluding hydrogens is 354 g/mol. The van der Waals surface area contributed by atoms with Crippen molar-refractivity contribution in [3.05, 3.63) is 22.6 Å². The van der Waals surface area contributed by atoms with E-state index >= 15 is 0 Å². The van der Waals surface area contributed by atoms with E-state index in [1.54, 1.807) is 22.2 Å². The van der Waals surface area contributed by atoms with Crippen molar-refractivity contribution in [2.75, 3.05) is 26.3 Å². The molecule has 0 aromatic carbocycles. The number of carbonyl (C=O) groups excluding carboxylic acids is 1. The molecule has 0 saturated carbocycles. The zero-order chi connectivity index (χ0) is 18.3. The summed E-state index contributed by atoms with van der Waals surface area (Å²) in [5.41, 5.74) is 1.94. The Kier molecular flexibility index (Phi) is 4.60. The van der Waals surface area contributed by atoms with Crippen LogP contribution in [0.3, 0.4) is 0 Å². The van der Waals surface area contributed by atoms with Crippen LogP contribution in [0.25, 0.3) is 15.9 Å². The first-order valence-corrected chi connectivity index (χ1v) is 9.60. The van der Waals surface area contributed by atoms with Crippen molar-refractivity contribution in [3.63, 3.8) is 0 Å². The van der Waals surface area contributed by atoms with Crippen LogP contribution in [0.4, 0.5) is 0 Å². The molecule has 0 radical (unpaired) electrons. The maximum Gasteiger partial charge on any atom is 0.293 e. The molecular formula is C17H21N5O3S. The molecule has 1 amide bonds. The molecule has 138 valence electrons. The summed E-state index contributed by atoms with van der Waals surface area (Å²) in [4.78, 5) is 25.3. The number of hydrogen-bond donors (Lipinski definition) is 2. The Labute approximate surface area is 154 Å². The minimum absolute atomic E-state index is 0.0602. The lowest BCUT2D eigenvalue weighted by molar-refractivity contribution is 0.0673. The number of thiophene rings is 1. The molecule has 9 heteroatoms. The molecule has 3 heterocycles. The Bertz CT molecular complexity index is 960. The van der Waals surface area contributed by atoms with Crippen molar-refractivity contribution in [2.45, 2.75) is 26.2 Å². The molecule has 0 spiro atoms. The average Bonchev–Trinajstić information content (AvgIpc) is 3.21. The SMILES string of the molecule is CC1CCc2sc3ncn4nc(C(=O)N(CCO)CCO)nc4c3c2C1. The Morgan fingerprint density at radius 3 is 2.88 bits per heavy atom. The first-order chi connectivity index (χ1) is 12.6. The van der Waals surface area contributed by atoms with Crippen LogP contribution in [0.15, 0.2) is 6.33 Å². The molecule has 1 unspecified atom stereocenters. The van der Waals surface area contributed by atoms with E-state index in [2.05, 4.69) is 22.0 Å². The van der Waals surface area contributed by atoms with Gasteiger partial charge < -0.3 is 15.1 Å². The molecule has 0 fully saturated rings. The van der Waals surface area contributed by atoms with Crippen molar-refractivity contribution in [1.29, 1.82) is 0 Å². The first kappa shape index (κ1) is 17.3. The normalized spacial score (nSPS) is 17.0. The minimum Gasteiger partial charge on any atom is -0.395 e. The van der Waals surface area contributed by atoms with Gasteiger partial charge in [-0.15, -0.1) is 16.4 Å². The summed E-state index contributed by atoms with van der Waals surface area (Å²) in [6, 6.07) is 0. The van der Waals surface area contributed by atoms with Gasteiger partial charge in [0.05, 0.1) is 18.6 Å². The molecule has 1 aliphatic rings. The molecule has 2 N–H and O–H groups in total. The number of fused-ring (bicyclic) bond motifs is 5. The van der Waals surface area contributed by atoms with Gasteiger partial charge in [-0.25, -0.2) is 14.5 Å². The zero-order valence-corrected chi connectivity index (χ0v) is 15.4. The van der Waals surface area contributed by atoms with Gasteiger partial charge in [0, 0.05) is 18.0 Å². The highest BCUT2D eigenvalue weighted by atomic mass is 32.1.